The van der Waals surface area contributed by atoms with Gasteiger partial charge in [0.1, 0.15) is 0 Å². The van der Waals surface area contributed by atoms with Crippen LogP contribution in [0.1, 0.15) is 28.8 Å². The van der Waals surface area contributed by atoms with Crippen molar-refractivity contribution < 1.29 is 14.4 Å². The zero-order valence-electron chi connectivity index (χ0n) is 15.2. The van der Waals surface area contributed by atoms with Crippen LogP contribution in [0.2, 0.25) is 0 Å². The van der Waals surface area contributed by atoms with E-state index in [0.29, 0.717) is 25.1 Å². The van der Waals surface area contributed by atoms with Gasteiger partial charge in [0.15, 0.2) is 0 Å². The third-order valence-electron chi connectivity index (χ3n) is 3.78. The highest BCUT2D eigenvalue weighted by Crippen LogP contribution is 2.12. The molecule has 2 amide bonds. The SMILES string of the molecule is CN(C)c1ccc(C(=O)NCCCC(=O)NOCc2ccccc2)cc1. The Morgan fingerprint density at radius 3 is 2.35 bits per heavy atom. The van der Waals surface area contributed by atoms with Crippen molar-refractivity contribution in [3.8, 4) is 0 Å². The van der Waals surface area contributed by atoms with Gasteiger partial charge in [0, 0.05) is 38.3 Å². The second-order valence-corrected chi connectivity index (χ2v) is 6.10. The van der Waals surface area contributed by atoms with Gasteiger partial charge in [-0.2, -0.15) is 0 Å². The van der Waals surface area contributed by atoms with Crippen molar-refractivity contribution in [2.75, 3.05) is 25.5 Å². The van der Waals surface area contributed by atoms with E-state index in [-0.39, 0.29) is 18.2 Å². The first kappa shape index (κ1) is 19.5. The third kappa shape index (κ3) is 6.57. The number of hydroxylamine groups is 1. The molecule has 2 rings (SSSR count). The Hall–Kier alpha value is -2.86. The van der Waals surface area contributed by atoms with Gasteiger partial charge >= 0.3 is 0 Å². The monoisotopic (exact) mass is 355 g/mol. The Kier molecular flexibility index (Phi) is 7.64. The van der Waals surface area contributed by atoms with Crippen molar-refractivity contribution in [1.29, 1.82) is 0 Å². The van der Waals surface area contributed by atoms with E-state index >= 15 is 0 Å². The summed E-state index contributed by atoms with van der Waals surface area (Å²) in [6.45, 7) is 0.757. The number of nitrogens with one attached hydrogen (secondary N) is 2. The minimum absolute atomic E-state index is 0.143. The zero-order valence-corrected chi connectivity index (χ0v) is 15.2. The van der Waals surface area contributed by atoms with Crippen LogP contribution in [0.3, 0.4) is 0 Å². The molecule has 6 nitrogen and oxygen atoms in total. The smallest absolute Gasteiger partial charge is 0.251 e. The first-order chi connectivity index (χ1) is 12.6. The maximum atomic E-state index is 12.0. The van der Waals surface area contributed by atoms with Crippen LogP contribution < -0.4 is 15.7 Å². The molecule has 0 unspecified atom stereocenters. The van der Waals surface area contributed by atoms with Gasteiger partial charge in [-0.1, -0.05) is 30.3 Å². The first-order valence-electron chi connectivity index (χ1n) is 8.56. The molecule has 0 fully saturated rings. The molecule has 2 aromatic carbocycles. The summed E-state index contributed by atoms with van der Waals surface area (Å²) in [4.78, 5) is 30.9. The lowest BCUT2D eigenvalue weighted by atomic mass is 10.2. The van der Waals surface area contributed by atoms with Crippen molar-refractivity contribution >= 4 is 17.5 Å². The molecule has 0 atom stereocenters. The lowest BCUT2D eigenvalue weighted by Gasteiger charge is -2.12. The molecular formula is C20H25N3O3. The van der Waals surface area contributed by atoms with Gasteiger partial charge in [-0.3, -0.25) is 14.4 Å². The fraction of sp³-hybridized carbons (Fsp3) is 0.300. The van der Waals surface area contributed by atoms with Gasteiger partial charge < -0.3 is 10.2 Å². The topological polar surface area (TPSA) is 70.7 Å². The quantitative estimate of drug-likeness (QED) is 0.536. The summed E-state index contributed by atoms with van der Waals surface area (Å²) in [5.74, 6) is -0.346. The minimum atomic E-state index is -0.203. The first-order valence-corrected chi connectivity index (χ1v) is 8.56. The van der Waals surface area contributed by atoms with Crippen LogP contribution in [0.4, 0.5) is 5.69 Å². The predicted molar refractivity (Wildman–Crippen MR) is 102 cm³/mol. The van der Waals surface area contributed by atoms with Crippen LogP contribution in [-0.4, -0.2) is 32.5 Å². The molecule has 0 saturated heterocycles. The number of anilines is 1. The third-order valence-corrected chi connectivity index (χ3v) is 3.78. The van der Waals surface area contributed by atoms with Crippen molar-refractivity contribution in [3.05, 3.63) is 65.7 Å². The van der Waals surface area contributed by atoms with Gasteiger partial charge in [-0.15, -0.1) is 0 Å². The highest BCUT2D eigenvalue weighted by molar-refractivity contribution is 5.94. The van der Waals surface area contributed by atoms with Crippen LogP contribution in [0.5, 0.6) is 0 Å². The van der Waals surface area contributed by atoms with E-state index in [1.807, 2.05) is 61.5 Å². The van der Waals surface area contributed by atoms with E-state index in [9.17, 15) is 9.59 Å². The van der Waals surface area contributed by atoms with Crippen LogP contribution in [0.25, 0.3) is 0 Å². The van der Waals surface area contributed by atoms with E-state index in [1.165, 1.54) is 0 Å². The number of rotatable bonds is 9. The fourth-order valence-electron chi connectivity index (χ4n) is 2.29. The van der Waals surface area contributed by atoms with Crippen LogP contribution >= 0.6 is 0 Å². The molecule has 0 aromatic heterocycles. The number of benzene rings is 2. The van der Waals surface area contributed by atoms with E-state index in [0.717, 1.165) is 11.3 Å². The lowest BCUT2D eigenvalue weighted by molar-refractivity contribution is -0.134. The highest BCUT2D eigenvalue weighted by atomic mass is 16.6. The van der Waals surface area contributed by atoms with Crippen LogP contribution in [-0.2, 0) is 16.2 Å². The number of carbonyl (C=O) groups excluding carboxylic acids is 2. The molecular weight excluding hydrogens is 330 g/mol. The van der Waals surface area contributed by atoms with Gasteiger partial charge in [-0.05, 0) is 36.2 Å². The summed E-state index contributed by atoms with van der Waals surface area (Å²) in [6, 6.07) is 17.0. The molecule has 0 radical (unpaired) electrons. The summed E-state index contributed by atoms with van der Waals surface area (Å²) in [5.41, 5.74) is 5.04. The van der Waals surface area contributed by atoms with E-state index in [2.05, 4.69) is 10.8 Å². The molecule has 0 aliphatic heterocycles. The molecule has 26 heavy (non-hydrogen) atoms. The van der Waals surface area contributed by atoms with Crippen LogP contribution in [0.15, 0.2) is 54.6 Å². The number of hydrogen-bond donors (Lipinski definition) is 2. The molecule has 2 N–H and O–H groups in total. The Balaban J connectivity index is 1.60. The summed E-state index contributed by atoms with van der Waals surface area (Å²) in [6.07, 6.45) is 0.830. The molecule has 0 bridgehead atoms. The molecule has 0 heterocycles. The molecule has 6 heteroatoms. The average Bonchev–Trinajstić information content (AvgIpc) is 2.66. The molecule has 2 aromatic rings. The highest BCUT2D eigenvalue weighted by Gasteiger charge is 2.06. The number of nitrogens with zero attached hydrogens (tertiary/aromatic N) is 1. The summed E-state index contributed by atoms with van der Waals surface area (Å²) in [7, 11) is 3.90. The second kappa shape index (κ2) is 10.2. The molecule has 0 aliphatic carbocycles. The largest absolute Gasteiger partial charge is 0.378 e. The van der Waals surface area contributed by atoms with Crippen LogP contribution in [0, 0.1) is 0 Å². The van der Waals surface area contributed by atoms with Gasteiger partial charge in [0.2, 0.25) is 5.91 Å². The van der Waals surface area contributed by atoms with Crippen molar-refractivity contribution in [3.63, 3.8) is 0 Å². The number of amides is 2. The van der Waals surface area contributed by atoms with E-state index in [4.69, 9.17) is 4.84 Å². The summed E-state index contributed by atoms with van der Waals surface area (Å²) < 4.78 is 0. The number of hydrogen-bond acceptors (Lipinski definition) is 4. The summed E-state index contributed by atoms with van der Waals surface area (Å²) >= 11 is 0. The Morgan fingerprint density at radius 1 is 1.00 bits per heavy atom. The molecule has 0 saturated carbocycles. The van der Waals surface area contributed by atoms with Crippen molar-refractivity contribution in [1.82, 2.24) is 10.8 Å². The Bertz CT molecular complexity index is 700. The fourth-order valence-corrected chi connectivity index (χ4v) is 2.29. The number of carbonyl (C=O) groups is 2. The zero-order chi connectivity index (χ0) is 18.8. The Labute approximate surface area is 154 Å². The van der Waals surface area contributed by atoms with Crippen molar-refractivity contribution in [2.45, 2.75) is 19.4 Å². The lowest BCUT2D eigenvalue weighted by Crippen LogP contribution is -2.27. The maximum absolute atomic E-state index is 12.0. The molecule has 138 valence electrons. The van der Waals surface area contributed by atoms with Gasteiger partial charge in [0.25, 0.3) is 5.91 Å². The minimum Gasteiger partial charge on any atom is -0.378 e. The van der Waals surface area contributed by atoms with E-state index < -0.39 is 0 Å². The Morgan fingerprint density at radius 2 is 1.69 bits per heavy atom. The normalized spacial score (nSPS) is 10.2. The molecule has 0 aliphatic rings. The molecule has 0 spiro atoms. The average molecular weight is 355 g/mol. The standard InChI is InChI=1S/C20H25N3O3/c1-23(2)18-12-10-17(11-13-18)20(25)21-14-6-9-19(24)22-26-15-16-7-4-3-5-8-16/h3-5,7-8,10-13H,6,9,14-15H2,1-2H3,(H,21,25)(H,22,24). The second-order valence-electron chi connectivity index (χ2n) is 6.10. The van der Waals surface area contributed by atoms with Gasteiger partial charge in [-0.25, -0.2) is 5.48 Å². The van der Waals surface area contributed by atoms with Crippen molar-refractivity contribution in [2.24, 2.45) is 0 Å². The van der Waals surface area contributed by atoms with E-state index in [1.54, 1.807) is 12.1 Å². The predicted octanol–water partition coefficient (Wildman–Crippen LogP) is 2.51. The summed E-state index contributed by atoms with van der Waals surface area (Å²) in [5, 5.41) is 2.81. The maximum Gasteiger partial charge on any atom is 0.251 e. The van der Waals surface area contributed by atoms with Gasteiger partial charge in [0.05, 0.1) is 6.61 Å².